The number of hydrogen-bond acceptors (Lipinski definition) is 0. The fourth-order valence-corrected chi connectivity index (χ4v) is 1.22. The Morgan fingerprint density at radius 2 is 1.57 bits per heavy atom. The summed E-state index contributed by atoms with van der Waals surface area (Å²) in [6, 6.07) is 5.29. The summed E-state index contributed by atoms with van der Waals surface area (Å²) in [5.74, 6) is 1.18. The lowest BCUT2D eigenvalue weighted by atomic mass is 10.0. The molecule has 1 aromatic carbocycles. The van der Waals surface area contributed by atoms with Crippen LogP contribution in [0.3, 0.4) is 0 Å². The van der Waals surface area contributed by atoms with Crippen LogP contribution < -0.4 is 0 Å². The van der Waals surface area contributed by atoms with Crippen LogP contribution in [0.5, 0.6) is 0 Å². The van der Waals surface area contributed by atoms with Crippen LogP contribution >= 0.6 is 0 Å². The fourth-order valence-electron chi connectivity index (χ4n) is 1.22. The van der Waals surface area contributed by atoms with Crippen LogP contribution in [0.1, 0.15) is 25.0 Å². The molecule has 1 rings (SSSR count). The van der Waals surface area contributed by atoms with Gasteiger partial charge in [-0.25, -0.2) is 0 Å². The highest BCUT2D eigenvalue weighted by molar-refractivity contribution is 5.26. The summed E-state index contributed by atoms with van der Waals surface area (Å²) in [6.07, 6.45) is -3.50. The van der Waals surface area contributed by atoms with Gasteiger partial charge in [0.15, 0.2) is 0 Å². The monoisotopic (exact) mass is 201 g/mol. The second-order valence-electron chi connectivity index (χ2n) is 3.58. The molecule has 0 aliphatic heterocycles. The van der Waals surface area contributed by atoms with Gasteiger partial charge in [-0.3, -0.25) is 0 Å². The number of hydrogen-bond donors (Lipinski definition) is 0. The largest absolute Gasteiger partial charge is 0.416 e. The Labute approximate surface area is 81.8 Å². The van der Waals surface area contributed by atoms with E-state index < -0.39 is 11.7 Å². The van der Waals surface area contributed by atoms with Gasteiger partial charge in [0.1, 0.15) is 0 Å². The molecule has 0 saturated carbocycles. The summed E-state index contributed by atoms with van der Waals surface area (Å²) in [6.45, 7) is 3.91. The second kappa shape index (κ2) is 4.03. The lowest BCUT2D eigenvalue weighted by molar-refractivity contribution is -0.137. The predicted molar refractivity (Wildman–Crippen MR) is 49.7 cm³/mol. The van der Waals surface area contributed by atoms with Crippen molar-refractivity contribution in [1.29, 1.82) is 0 Å². The summed E-state index contributed by atoms with van der Waals surface area (Å²) >= 11 is 0. The SMILES string of the molecule is C[C](C)Cc1ccc(C(F)(F)F)cc1. The minimum absolute atomic E-state index is 0.588. The highest BCUT2D eigenvalue weighted by Crippen LogP contribution is 2.29. The van der Waals surface area contributed by atoms with Gasteiger partial charge in [0.05, 0.1) is 5.56 Å². The standard InChI is InChI=1S/C11H12F3/c1-8(2)7-9-3-5-10(6-4-9)11(12,13)14/h3-6H,7H2,1-2H3. The van der Waals surface area contributed by atoms with Crippen molar-refractivity contribution >= 4 is 0 Å². The molecule has 0 amide bonds. The quantitative estimate of drug-likeness (QED) is 0.681. The van der Waals surface area contributed by atoms with Gasteiger partial charge in [-0.1, -0.05) is 26.0 Å². The van der Waals surface area contributed by atoms with E-state index in [4.69, 9.17) is 0 Å². The molecule has 77 valence electrons. The highest BCUT2D eigenvalue weighted by atomic mass is 19.4. The van der Waals surface area contributed by atoms with Crippen LogP contribution in [0, 0.1) is 5.92 Å². The Morgan fingerprint density at radius 3 is 1.93 bits per heavy atom. The first-order valence-corrected chi connectivity index (χ1v) is 4.35. The highest BCUT2D eigenvalue weighted by Gasteiger charge is 2.29. The zero-order valence-electron chi connectivity index (χ0n) is 8.15. The van der Waals surface area contributed by atoms with Gasteiger partial charge in [0.25, 0.3) is 0 Å². The van der Waals surface area contributed by atoms with E-state index in [1.54, 1.807) is 0 Å². The van der Waals surface area contributed by atoms with Gasteiger partial charge in [-0.05, 0) is 30.0 Å². The Morgan fingerprint density at radius 1 is 1.07 bits per heavy atom. The molecule has 0 heterocycles. The molecule has 14 heavy (non-hydrogen) atoms. The first-order chi connectivity index (χ1) is 6.39. The van der Waals surface area contributed by atoms with Crippen LogP contribution in [-0.4, -0.2) is 0 Å². The van der Waals surface area contributed by atoms with Crippen molar-refractivity contribution in [2.45, 2.75) is 26.4 Å². The van der Waals surface area contributed by atoms with Crippen LogP contribution in [-0.2, 0) is 12.6 Å². The molecule has 0 aliphatic carbocycles. The molecule has 0 spiro atoms. The Balaban J connectivity index is 2.79. The average molecular weight is 201 g/mol. The van der Waals surface area contributed by atoms with Gasteiger partial charge in [-0.2, -0.15) is 13.2 Å². The second-order valence-corrected chi connectivity index (χ2v) is 3.58. The molecule has 0 aliphatic rings. The van der Waals surface area contributed by atoms with E-state index in [0.29, 0.717) is 0 Å². The van der Waals surface area contributed by atoms with Crippen molar-refractivity contribution < 1.29 is 13.2 Å². The van der Waals surface area contributed by atoms with Gasteiger partial charge in [0.2, 0.25) is 0 Å². The smallest absolute Gasteiger partial charge is 0.166 e. The lowest BCUT2D eigenvalue weighted by Crippen LogP contribution is -2.04. The van der Waals surface area contributed by atoms with Crippen molar-refractivity contribution in [3.63, 3.8) is 0 Å². The molecule has 0 atom stereocenters. The third kappa shape index (κ3) is 3.05. The minimum atomic E-state index is -4.23. The van der Waals surface area contributed by atoms with Crippen molar-refractivity contribution in [2.24, 2.45) is 0 Å². The van der Waals surface area contributed by atoms with Crippen molar-refractivity contribution in [2.75, 3.05) is 0 Å². The van der Waals surface area contributed by atoms with Crippen LogP contribution in [0.25, 0.3) is 0 Å². The van der Waals surface area contributed by atoms with Gasteiger partial charge >= 0.3 is 6.18 Å². The Hall–Kier alpha value is -0.990. The van der Waals surface area contributed by atoms with E-state index in [2.05, 4.69) is 0 Å². The Kier molecular flexibility index (Phi) is 3.19. The maximum atomic E-state index is 12.2. The molecule has 0 nitrogen and oxygen atoms in total. The van der Waals surface area contributed by atoms with E-state index in [0.717, 1.165) is 24.1 Å². The maximum Gasteiger partial charge on any atom is 0.416 e. The molecule has 0 N–H and O–H groups in total. The van der Waals surface area contributed by atoms with E-state index in [9.17, 15) is 13.2 Å². The molecule has 1 radical (unpaired) electrons. The van der Waals surface area contributed by atoms with Crippen LogP contribution in [0.15, 0.2) is 24.3 Å². The van der Waals surface area contributed by atoms with Crippen molar-refractivity contribution in [3.05, 3.63) is 41.3 Å². The molecule has 0 bridgehead atoms. The maximum absolute atomic E-state index is 12.2. The average Bonchev–Trinajstić information content (AvgIpc) is 2.02. The van der Waals surface area contributed by atoms with Gasteiger partial charge in [-0.15, -0.1) is 0 Å². The number of alkyl halides is 3. The molecular formula is C11H12F3. The first-order valence-electron chi connectivity index (χ1n) is 4.35. The molecule has 0 unspecified atom stereocenters. The molecule has 0 aromatic heterocycles. The Bertz CT molecular complexity index is 282. The number of rotatable bonds is 2. The summed E-state index contributed by atoms with van der Waals surface area (Å²) in [5.41, 5.74) is 0.327. The third-order valence-corrected chi connectivity index (χ3v) is 1.84. The van der Waals surface area contributed by atoms with Gasteiger partial charge < -0.3 is 0 Å². The van der Waals surface area contributed by atoms with E-state index in [1.807, 2.05) is 13.8 Å². The summed E-state index contributed by atoms with van der Waals surface area (Å²) in [7, 11) is 0. The molecule has 0 fully saturated rings. The first kappa shape index (κ1) is 11.1. The number of halogens is 3. The molecule has 0 saturated heterocycles. The van der Waals surface area contributed by atoms with Gasteiger partial charge in [0, 0.05) is 0 Å². The zero-order chi connectivity index (χ0) is 10.8. The summed E-state index contributed by atoms with van der Waals surface area (Å²) in [5, 5.41) is 0. The summed E-state index contributed by atoms with van der Waals surface area (Å²) in [4.78, 5) is 0. The van der Waals surface area contributed by atoms with E-state index >= 15 is 0 Å². The van der Waals surface area contributed by atoms with Crippen LogP contribution in [0.2, 0.25) is 0 Å². The number of benzene rings is 1. The molecule has 1 aromatic rings. The normalized spacial score (nSPS) is 12.1. The zero-order valence-corrected chi connectivity index (χ0v) is 8.15. The third-order valence-electron chi connectivity index (χ3n) is 1.84. The minimum Gasteiger partial charge on any atom is -0.166 e. The summed E-state index contributed by atoms with van der Waals surface area (Å²) < 4.78 is 36.5. The van der Waals surface area contributed by atoms with E-state index in [-0.39, 0.29) is 0 Å². The van der Waals surface area contributed by atoms with Crippen LogP contribution in [0.4, 0.5) is 13.2 Å². The topological polar surface area (TPSA) is 0 Å². The van der Waals surface area contributed by atoms with E-state index in [1.165, 1.54) is 18.1 Å². The lowest BCUT2D eigenvalue weighted by Gasteiger charge is -2.08. The molecular weight excluding hydrogens is 189 g/mol. The van der Waals surface area contributed by atoms with Crippen molar-refractivity contribution in [3.8, 4) is 0 Å². The molecule has 3 heteroatoms. The van der Waals surface area contributed by atoms with Crippen molar-refractivity contribution in [1.82, 2.24) is 0 Å². The fraction of sp³-hybridized carbons (Fsp3) is 0.364. The predicted octanol–water partition coefficient (Wildman–Crippen LogP) is 3.86.